The highest BCUT2D eigenvalue weighted by molar-refractivity contribution is 5.86. The van der Waals surface area contributed by atoms with E-state index in [2.05, 4.69) is 27.2 Å². The van der Waals surface area contributed by atoms with Crippen LogP contribution in [-0.2, 0) is 17.8 Å². The van der Waals surface area contributed by atoms with Crippen molar-refractivity contribution in [2.75, 3.05) is 20.8 Å². The molecule has 8 heteroatoms. The molecular formula is C23H23N5O3. The van der Waals surface area contributed by atoms with Gasteiger partial charge in [0, 0.05) is 28.7 Å². The van der Waals surface area contributed by atoms with E-state index in [1.807, 2.05) is 35.2 Å². The van der Waals surface area contributed by atoms with E-state index >= 15 is 0 Å². The molecule has 1 N–H and O–H groups in total. The van der Waals surface area contributed by atoms with Crippen LogP contribution in [0.15, 0.2) is 55.1 Å². The Bertz CT molecular complexity index is 1230. The van der Waals surface area contributed by atoms with Crippen LogP contribution in [0.25, 0.3) is 10.9 Å². The summed E-state index contributed by atoms with van der Waals surface area (Å²) in [6.07, 6.45) is 3.75. The molecular weight excluding hydrogens is 394 g/mol. The fourth-order valence-electron chi connectivity index (χ4n) is 4.50. The third-order valence-electron chi connectivity index (χ3n) is 5.85. The smallest absolute Gasteiger partial charge is 0.245 e. The highest BCUT2D eigenvalue weighted by Crippen LogP contribution is 2.44. The number of aromatic amines is 1. The molecule has 2 aromatic carbocycles. The van der Waals surface area contributed by atoms with Gasteiger partial charge in [-0.1, -0.05) is 30.3 Å². The lowest BCUT2D eigenvalue weighted by Gasteiger charge is -2.37. The SMILES string of the molecule is COc1cccc([C@H]2c3[nH]c4ccccc4c3CCN2C(=O)Cn2cncn2)c1OC. The standard InChI is InChI=1S/C23H23N5O3/c1-30-19-9-5-7-17(23(19)31-2)22-21-16(15-6-3-4-8-18(15)26-21)10-11-28(22)20(29)12-27-14-24-13-25-27/h3-9,13-14,22,26H,10-12H2,1-2H3/t22-/m0/s1. The average Bonchev–Trinajstić information content (AvgIpc) is 3.45. The summed E-state index contributed by atoms with van der Waals surface area (Å²) in [4.78, 5) is 22.8. The van der Waals surface area contributed by atoms with Crippen molar-refractivity contribution in [2.24, 2.45) is 0 Å². The van der Waals surface area contributed by atoms with Crippen LogP contribution in [0.3, 0.4) is 0 Å². The Kier molecular flexibility index (Phi) is 4.82. The fourth-order valence-corrected chi connectivity index (χ4v) is 4.50. The van der Waals surface area contributed by atoms with Gasteiger partial charge in [0.2, 0.25) is 5.91 Å². The van der Waals surface area contributed by atoms with Gasteiger partial charge in [-0.05, 0) is 24.1 Å². The summed E-state index contributed by atoms with van der Waals surface area (Å²) in [6, 6.07) is 13.7. The second-order valence-corrected chi connectivity index (χ2v) is 7.48. The highest BCUT2D eigenvalue weighted by atomic mass is 16.5. The predicted octanol–water partition coefficient (Wildman–Crippen LogP) is 2.95. The number of nitrogens with one attached hydrogen (secondary N) is 1. The Hall–Kier alpha value is -3.81. The molecule has 1 atom stereocenters. The lowest BCUT2D eigenvalue weighted by molar-refractivity contribution is -0.134. The normalized spacial score (nSPS) is 15.7. The second kappa shape index (κ2) is 7.79. The zero-order valence-corrected chi connectivity index (χ0v) is 17.4. The van der Waals surface area contributed by atoms with Crippen LogP contribution < -0.4 is 9.47 Å². The van der Waals surface area contributed by atoms with Crippen molar-refractivity contribution in [3.05, 3.63) is 71.9 Å². The van der Waals surface area contributed by atoms with Crippen LogP contribution in [0, 0.1) is 0 Å². The quantitative estimate of drug-likeness (QED) is 0.540. The van der Waals surface area contributed by atoms with Gasteiger partial charge in [0.25, 0.3) is 0 Å². The summed E-state index contributed by atoms with van der Waals surface area (Å²) in [7, 11) is 3.24. The minimum Gasteiger partial charge on any atom is -0.493 e. The molecule has 2 aromatic heterocycles. The Morgan fingerprint density at radius 3 is 2.81 bits per heavy atom. The molecule has 0 saturated heterocycles. The molecule has 0 radical (unpaired) electrons. The van der Waals surface area contributed by atoms with E-state index < -0.39 is 0 Å². The van der Waals surface area contributed by atoms with E-state index in [9.17, 15) is 4.79 Å². The van der Waals surface area contributed by atoms with Crippen molar-refractivity contribution in [1.82, 2.24) is 24.6 Å². The second-order valence-electron chi connectivity index (χ2n) is 7.48. The van der Waals surface area contributed by atoms with Gasteiger partial charge in [-0.3, -0.25) is 4.79 Å². The van der Waals surface area contributed by atoms with Gasteiger partial charge in [-0.25, -0.2) is 9.67 Å². The van der Waals surface area contributed by atoms with E-state index in [0.29, 0.717) is 18.0 Å². The molecule has 1 amide bonds. The first-order valence-electron chi connectivity index (χ1n) is 10.1. The van der Waals surface area contributed by atoms with Gasteiger partial charge in [0.1, 0.15) is 25.2 Å². The third-order valence-corrected chi connectivity index (χ3v) is 5.85. The lowest BCUT2D eigenvalue weighted by Crippen LogP contribution is -2.42. The number of carbonyl (C=O) groups is 1. The molecule has 8 nitrogen and oxygen atoms in total. The van der Waals surface area contributed by atoms with Crippen LogP contribution in [0.1, 0.15) is 22.9 Å². The molecule has 0 spiro atoms. The number of carbonyl (C=O) groups excluding carboxylic acids is 1. The van der Waals surface area contributed by atoms with E-state index in [-0.39, 0.29) is 18.5 Å². The van der Waals surface area contributed by atoms with Crippen molar-refractivity contribution in [2.45, 2.75) is 19.0 Å². The van der Waals surface area contributed by atoms with Gasteiger partial charge in [-0.2, -0.15) is 5.10 Å². The van der Waals surface area contributed by atoms with E-state index in [0.717, 1.165) is 23.2 Å². The molecule has 5 rings (SSSR count). The van der Waals surface area contributed by atoms with Crippen LogP contribution in [0.2, 0.25) is 0 Å². The minimum atomic E-state index is -0.336. The van der Waals surface area contributed by atoms with Crippen LogP contribution >= 0.6 is 0 Å². The number of amides is 1. The maximum Gasteiger partial charge on any atom is 0.245 e. The van der Waals surface area contributed by atoms with E-state index in [4.69, 9.17) is 9.47 Å². The van der Waals surface area contributed by atoms with Crippen LogP contribution in [-0.4, -0.2) is 51.3 Å². The summed E-state index contributed by atoms with van der Waals surface area (Å²) in [5.74, 6) is 1.22. The zero-order chi connectivity index (χ0) is 21.4. The van der Waals surface area contributed by atoms with Gasteiger partial charge in [0.15, 0.2) is 11.5 Å². The number of hydrogen-bond acceptors (Lipinski definition) is 5. The number of fused-ring (bicyclic) bond motifs is 3. The number of benzene rings is 2. The first-order chi connectivity index (χ1) is 15.2. The molecule has 31 heavy (non-hydrogen) atoms. The number of aromatic nitrogens is 4. The molecule has 0 bridgehead atoms. The first-order valence-corrected chi connectivity index (χ1v) is 10.1. The highest BCUT2D eigenvalue weighted by Gasteiger charge is 2.36. The molecule has 0 fully saturated rings. The predicted molar refractivity (Wildman–Crippen MR) is 115 cm³/mol. The van der Waals surface area contributed by atoms with Crippen LogP contribution in [0.5, 0.6) is 11.5 Å². The fraction of sp³-hybridized carbons (Fsp3) is 0.261. The van der Waals surface area contributed by atoms with Crippen molar-refractivity contribution >= 4 is 16.8 Å². The summed E-state index contributed by atoms with van der Waals surface area (Å²) < 4.78 is 12.8. The molecule has 0 aliphatic carbocycles. The average molecular weight is 417 g/mol. The number of ether oxygens (including phenoxy) is 2. The van der Waals surface area contributed by atoms with Crippen molar-refractivity contribution in [3.63, 3.8) is 0 Å². The Balaban J connectivity index is 1.67. The van der Waals surface area contributed by atoms with Gasteiger partial charge in [0.05, 0.1) is 14.2 Å². The largest absolute Gasteiger partial charge is 0.493 e. The first kappa shape index (κ1) is 19.2. The number of nitrogens with zero attached hydrogens (tertiary/aromatic N) is 4. The molecule has 3 heterocycles. The Morgan fingerprint density at radius 2 is 2.03 bits per heavy atom. The zero-order valence-electron chi connectivity index (χ0n) is 17.4. The molecule has 0 unspecified atom stereocenters. The van der Waals surface area contributed by atoms with E-state index in [1.54, 1.807) is 25.2 Å². The number of hydrogen-bond donors (Lipinski definition) is 1. The lowest BCUT2D eigenvalue weighted by atomic mass is 9.91. The Labute approximate surface area is 179 Å². The summed E-state index contributed by atoms with van der Waals surface area (Å²) in [6.45, 7) is 0.714. The number of para-hydroxylation sites is 2. The van der Waals surface area contributed by atoms with Gasteiger partial charge in [-0.15, -0.1) is 0 Å². The maximum absolute atomic E-state index is 13.4. The Morgan fingerprint density at radius 1 is 1.16 bits per heavy atom. The number of rotatable bonds is 5. The summed E-state index contributed by atoms with van der Waals surface area (Å²) in [5.41, 5.74) is 4.17. The molecule has 0 saturated carbocycles. The minimum absolute atomic E-state index is 0.0373. The van der Waals surface area contributed by atoms with Crippen LogP contribution in [0.4, 0.5) is 0 Å². The monoisotopic (exact) mass is 417 g/mol. The van der Waals surface area contributed by atoms with Gasteiger partial charge >= 0.3 is 0 Å². The maximum atomic E-state index is 13.4. The van der Waals surface area contributed by atoms with E-state index in [1.165, 1.54) is 17.3 Å². The van der Waals surface area contributed by atoms with Crippen molar-refractivity contribution < 1.29 is 14.3 Å². The van der Waals surface area contributed by atoms with Crippen molar-refractivity contribution in [1.29, 1.82) is 0 Å². The number of H-pyrrole nitrogens is 1. The van der Waals surface area contributed by atoms with Gasteiger partial charge < -0.3 is 19.4 Å². The molecule has 158 valence electrons. The summed E-state index contributed by atoms with van der Waals surface area (Å²) in [5, 5.41) is 5.28. The topological polar surface area (TPSA) is 85.3 Å². The molecule has 1 aliphatic rings. The molecule has 4 aromatic rings. The summed E-state index contributed by atoms with van der Waals surface area (Å²) >= 11 is 0. The number of methoxy groups -OCH3 is 2. The van der Waals surface area contributed by atoms with Crippen molar-refractivity contribution in [3.8, 4) is 11.5 Å². The third kappa shape index (κ3) is 3.20. The molecule has 1 aliphatic heterocycles.